The lowest BCUT2D eigenvalue weighted by atomic mass is 10.1. The Kier molecular flexibility index (Phi) is 5.30. The molecule has 2 aromatic rings. The molecule has 27 heavy (non-hydrogen) atoms. The minimum atomic E-state index is -0.301. The van der Waals surface area contributed by atoms with Crippen LogP contribution in [0.3, 0.4) is 0 Å². The third-order valence-corrected chi connectivity index (χ3v) is 4.08. The van der Waals surface area contributed by atoms with Crippen LogP contribution in [0, 0.1) is 0 Å². The number of nitrogens with zero attached hydrogens (tertiary/aromatic N) is 1. The zero-order valence-electron chi connectivity index (χ0n) is 15.5. The van der Waals surface area contributed by atoms with Crippen LogP contribution in [-0.4, -0.2) is 40.2 Å². The smallest absolute Gasteiger partial charge is 0.275 e. The number of nitrogens with one attached hydrogen (secondary N) is 1. The first kappa shape index (κ1) is 18.3. The molecule has 0 atom stereocenters. The number of hydrogen-bond acceptors (Lipinski definition) is 6. The van der Waals surface area contributed by atoms with Gasteiger partial charge < -0.3 is 24.3 Å². The van der Waals surface area contributed by atoms with E-state index in [1.165, 1.54) is 0 Å². The molecule has 2 aromatic carbocycles. The molecule has 1 aliphatic rings. The zero-order chi connectivity index (χ0) is 19.4. The summed E-state index contributed by atoms with van der Waals surface area (Å²) >= 11 is 0. The van der Waals surface area contributed by atoms with Crippen LogP contribution in [0.25, 0.3) is 6.08 Å². The number of hydrogen-bond donors (Lipinski definition) is 1. The van der Waals surface area contributed by atoms with Crippen molar-refractivity contribution in [3.8, 4) is 23.0 Å². The van der Waals surface area contributed by atoms with E-state index in [-0.39, 0.29) is 11.6 Å². The van der Waals surface area contributed by atoms with Crippen LogP contribution in [0.4, 0.5) is 0 Å². The Morgan fingerprint density at radius 1 is 0.852 bits per heavy atom. The van der Waals surface area contributed by atoms with Gasteiger partial charge in [-0.15, -0.1) is 0 Å². The third-order valence-electron chi connectivity index (χ3n) is 4.08. The van der Waals surface area contributed by atoms with Gasteiger partial charge in [0, 0.05) is 11.1 Å². The Bertz CT molecular complexity index is 934. The van der Waals surface area contributed by atoms with Gasteiger partial charge in [-0.2, -0.15) is 0 Å². The number of amidine groups is 1. The second kappa shape index (κ2) is 7.82. The Morgan fingerprint density at radius 3 is 2.22 bits per heavy atom. The first-order valence-electron chi connectivity index (χ1n) is 8.15. The number of amides is 1. The minimum absolute atomic E-state index is 0.270. The topological polar surface area (TPSA) is 78.4 Å². The molecule has 0 spiro atoms. The molecule has 0 aliphatic carbocycles. The molecule has 140 valence electrons. The van der Waals surface area contributed by atoms with Gasteiger partial charge in [-0.1, -0.05) is 0 Å². The quantitative estimate of drug-likeness (QED) is 0.793. The van der Waals surface area contributed by atoms with E-state index >= 15 is 0 Å². The van der Waals surface area contributed by atoms with Gasteiger partial charge in [0.05, 0.1) is 28.4 Å². The average Bonchev–Trinajstić information content (AvgIpc) is 3.07. The van der Waals surface area contributed by atoms with Gasteiger partial charge in [-0.25, -0.2) is 4.99 Å². The van der Waals surface area contributed by atoms with Crippen LogP contribution >= 0.6 is 0 Å². The lowest BCUT2D eigenvalue weighted by Gasteiger charge is -2.09. The fraction of sp³-hybridized carbons (Fsp3) is 0.200. The van der Waals surface area contributed by atoms with E-state index in [4.69, 9.17) is 18.9 Å². The van der Waals surface area contributed by atoms with Gasteiger partial charge in [0.1, 0.15) is 23.0 Å². The lowest BCUT2D eigenvalue weighted by molar-refractivity contribution is -0.115. The van der Waals surface area contributed by atoms with Crippen molar-refractivity contribution in [3.05, 3.63) is 53.2 Å². The molecule has 1 N–H and O–H groups in total. The molecule has 1 amide bonds. The van der Waals surface area contributed by atoms with Crippen molar-refractivity contribution in [3.63, 3.8) is 0 Å². The van der Waals surface area contributed by atoms with E-state index in [9.17, 15) is 4.79 Å². The van der Waals surface area contributed by atoms with Gasteiger partial charge in [-0.3, -0.25) is 4.79 Å². The van der Waals surface area contributed by atoms with E-state index in [2.05, 4.69) is 10.3 Å². The summed E-state index contributed by atoms with van der Waals surface area (Å²) in [5.41, 5.74) is 1.67. The maximum atomic E-state index is 12.4. The highest BCUT2D eigenvalue weighted by atomic mass is 16.5. The Hall–Kier alpha value is -3.48. The maximum Gasteiger partial charge on any atom is 0.275 e. The number of aliphatic imine (C=N–C) groups is 1. The predicted molar refractivity (Wildman–Crippen MR) is 102 cm³/mol. The van der Waals surface area contributed by atoms with E-state index < -0.39 is 0 Å². The fourth-order valence-electron chi connectivity index (χ4n) is 2.69. The summed E-state index contributed by atoms with van der Waals surface area (Å²) in [4.78, 5) is 16.8. The van der Waals surface area contributed by atoms with Crippen LogP contribution in [0.1, 0.15) is 11.1 Å². The first-order valence-corrected chi connectivity index (χ1v) is 8.15. The largest absolute Gasteiger partial charge is 0.497 e. The molecule has 7 nitrogen and oxygen atoms in total. The predicted octanol–water partition coefficient (Wildman–Crippen LogP) is 2.64. The maximum absolute atomic E-state index is 12.4. The van der Waals surface area contributed by atoms with Gasteiger partial charge in [0.2, 0.25) is 0 Å². The molecular formula is C20H20N2O5. The molecule has 0 radical (unpaired) electrons. The lowest BCUT2D eigenvalue weighted by Crippen LogP contribution is -2.24. The zero-order valence-corrected chi connectivity index (χ0v) is 15.5. The Labute approximate surface area is 157 Å². The standard InChI is InChI=1S/C20H20N2O5/c1-24-14-6-8-16(25-2)13(9-14)10-15-20(23)22-19(21-15)12-5-7-17(26-3)18(11-12)27-4/h5-11H,1-4H3,(H,21,22,23)/b15-10-. The van der Waals surface area contributed by atoms with Gasteiger partial charge in [-0.05, 0) is 42.5 Å². The summed E-state index contributed by atoms with van der Waals surface area (Å²) in [6.07, 6.45) is 1.66. The van der Waals surface area contributed by atoms with Gasteiger partial charge in [0.25, 0.3) is 5.91 Å². The van der Waals surface area contributed by atoms with Crippen molar-refractivity contribution in [2.75, 3.05) is 28.4 Å². The summed E-state index contributed by atoms with van der Waals surface area (Å²) in [5.74, 6) is 2.57. The van der Waals surface area contributed by atoms with E-state index in [0.29, 0.717) is 40.0 Å². The normalized spacial score (nSPS) is 14.6. The Balaban J connectivity index is 1.98. The summed E-state index contributed by atoms with van der Waals surface area (Å²) < 4.78 is 21.1. The molecule has 3 rings (SSSR count). The third kappa shape index (κ3) is 3.72. The molecular weight excluding hydrogens is 348 g/mol. The van der Waals surface area contributed by atoms with Crippen LogP contribution in [0.15, 0.2) is 47.1 Å². The fourth-order valence-corrected chi connectivity index (χ4v) is 2.69. The molecule has 0 bridgehead atoms. The second-order valence-electron chi connectivity index (χ2n) is 5.62. The minimum Gasteiger partial charge on any atom is -0.497 e. The van der Waals surface area contributed by atoms with Crippen LogP contribution in [0.2, 0.25) is 0 Å². The average molecular weight is 368 g/mol. The van der Waals surface area contributed by atoms with Crippen LogP contribution < -0.4 is 24.3 Å². The molecule has 0 aromatic heterocycles. The molecule has 0 fully saturated rings. The number of methoxy groups -OCH3 is 4. The summed E-state index contributed by atoms with van der Waals surface area (Å²) in [7, 11) is 6.26. The van der Waals surface area contributed by atoms with Crippen molar-refractivity contribution in [1.82, 2.24) is 5.32 Å². The molecule has 0 unspecified atom stereocenters. The van der Waals surface area contributed by atoms with Crippen molar-refractivity contribution >= 4 is 17.8 Å². The molecule has 7 heteroatoms. The van der Waals surface area contributed by atoms with Crippen molar-refractivity contribution in [1.29, 1.82) is 0 Å². The van der Waals surface area contributed by atoms with Crippen LogP contribution in [-0.2, 0) is 4.79 Å². The van der Waals surface area contributed by atoms with Gasteiger partial charge in [0.15, 0.2) is 11.5 Å². The Morgan fingerprint density at radius 2 is 1.56 bits per heavy atom. The van der Waals surface area contributed by atoms with Crippen LogP contribution in [0.5, 0.6) is 23.0 Å². The molecule has 1 aliphatic heterocycles. The van der Waals surface area contributed by atoms with Crippen molar-refractivity contribution < 1.29 is 23.7 Å². The number of carbonyl (C=O) groups is 1. The summed E-state index contributed by atoms with van der Waals surface area (Å²) in [6.45, 7) is 0. The van der Waals surface area contributed by atoms with E-state index in [1.807, 2.05) is 0 Å². The summed E-state index contributed by atoms with van der Waals surface area (Å²) in [6, 6.07) is 10.7. The highest BCUT2D eigenvalue weighted by Gasteiger charge is 2.22. The van der Waals surface area contributed by atoms with E-state index in [0.717, 1.165) is 0 Å². The number of benzene rings is 2. The second-order valence-corrected chi connectivity index (χ2v) is 5.62. The number of ether oxygens (including phenoxy) is 4. The monoisotopic (exact) mass is 368 g/mol. The number of rotatable bonds is 6. The molecule has 0 saturated heterocycles. The van der Waals surface area contributed by atoms with Gasteiger partial charge >= 0.3 is 0 Å². The SMILES string of the molecule is COc1ccc(OC)c(/C=C2\N=C(c3ccc(OC)c(OC)c3)NC2=O)c1. The van der Waals surface area contributed by atoms with E-state index in [1.54, 1.807) is 70.9 Å². The highest BCUT2D eigenvalue weighted by Crippen LogP contribution is 2.30. The van der Waals surface area contributed by atoms with Crippen molar-refractivity contribution in [2.45, 2.75) is 0 Å². The van der Waals surface area contributed by atoms with Crippen molar-refractivity contribution in [2.24, 2.45) is 4.99 Å². The highest BCUT2D eigenvalue weighted by molar-refractivity contribution is 6.20. The molecule has 0 saturated carbocycles. The summed E-state index contributed by atoms with van der Waals surface area (Å²) in [5, 5.41) is 2.77. The molecule has 1 heterocycles. The number of carbonyl (C=O) groups excluding carboxylic acids is 1. The first-order chi connectivity index (χ1) is 13.1.